The third-order valence-electron chi connectivity index (χ3n) is 2.92. The van der Waals surface area contributed by atoms with Gasteiger partial charge in [0.25, 0.3) is 5.56 Å². The molecule has 0 bridgehead atoms. The van der Waals surface area contributed by atoms with E-state index in [1.807, 2.05) is 35.6 Å². The van der Waals surface area contributed by atoms with Gasteiger partial charge in [-0.3, -0.25) is 4.79 Å². The Bertz CT molecular complexity index is 683. The maximum absolute atomic E-state index is 11.9. The van der Waals surface area contributed by atoms with Crippen LogP contribution in [0.5, 0.6) is 11.5 Å². The molecule has 0 aliphatic heterocycles. The van der Waals surface area contributed by atoms with Crippen LogP contribution in [0.1, 0.15) is 12.6 Å². The van der Waals surface area contributed by atoms with Gasteiger partial charge in [0.05, 0.1) is 23.5 Å². The second-order valence-electron chi connectivity index (χ2n) is 4.10. The number of aryl methyl sites for hydroxylation is 1. The fourth-order valence-corrected chi connectivity index (χ4v) is 2.50. The zero-order chi connectivity index (χ0) is 14.7. The number of nitrogens with one attached hydrogen (secondary N) is 1. The molecule has 1 heterocycles. The highest BCUT2D eigenvalue weighted by molar-refractivity contribution is 14.1. The summed E-state index contributed by atoms with van der Waals surface area (Å²) in [6.07, 6.45) is 0.711. The van der Waals surface area contributed by atoms with E-state index in [-0.39, 0.29) is 5.56 Å². The minimum absolute atomic E-state index is 0.123. The van der Waals surface area contributed by atoms with Crippen molar-refractivity contribution in [3.05, 3.63) is 37.8 Å². The van der Waals surface area contributed by atoms with Gasteiger partial charge < -0.3 is 14.5 Å². The summed E-state index contributed by atoms with van der Waals surface area (Å²) in [7, 11) is 3.15. The van der Waals surface area contributed by atoms with Crippen LogP contribution in [-0.2, 0) is 6.42 Å². The second kappa shape index (κ2) is 6.25. The number of aromatic nitrogens is 2. The van der Waals surface area contributed by atoms with E-state index in [4.69, 9.17) is 9.47 Å². The first-order chi connectivity index (χ1) is 9.60. The molecule has 1 aromatic heterocycles. The van der Waals surface area contributed by atoms with Crippen LogP contribution in [0.15, 0.2) is 23.0 Å². The van der Waals surface area contributed by atoms with Gasteiger partial charge in [-0.25, -0.2) is 4.98 Å². The fourth-order valence-electron chi connectivity index (χ4n) is 1.86. The molecule has 0 saturated carbocycles. The number of H-pyrrole nitrogens is 1. The first-order valence-corrected chi connectivity index (χ1v) is 7.19. The van der Waals surface area contributed by atoms with Crippen LogP contribution >= 0.6 is 22.6 Å². The molecule has 0 aliphatic rings. The molecule has 6 heteroatoms. The quantitative estimate of drug-likeness (QED) is 0.821. The summed E-state index contributed by atoms with van der Waals surface area (Å²) in [6, 6.07) is 5.42. The predicted octanol–water partition coefficient (Wildman–Crippen LogP) is 2.62. The number of hydrogen-bond acceptors (Lipinski definition) is 4. The van der Waals surface area contributed by atoms with Gasteiger partial charge in [0, 0.05) is 5.56 Å². The lowest BCUT2D eigenvalue weighted by Gasteiger charge is -2.10. The minimum atomic E-state index is -0.123. The Morgan fingerprint density at radius 2 is 1.95 bits per heavy atom. The molecular formula is C14H15IN2O3. The zero-order valence-electron chi connectivity index (χ0n) is 11.5. The van der Waals surface area contributed by atoms with Crippen molar-refractivity contribution in [3.8, 4) is 22.9 Å². The fraction of sp³-hybridized carbons (Fsp3) is 0.286. The second-order valence-corrected chi connectivity index (χ2v) is 5.18. The van der Waals surface area contributed by atoms with Crippen LogP contribution in [0.2, 0.25) is 0 Å². The van der Waals surface area contributed by atoms with Gasteiger partial charge in [0.2, 0.25) is 0 Å². The Labute approximate surface area is 130 Å². The van der Waals surface area contributed by atoms with Gasteiger partial charge >= 0.3 is 0 Å². The van der Waals surface area contributed by atoms with Gasteiger partial charge in [0.15, 0.2) is 11.5 Å². The monoisotopic (exact) mass is 386 g/mol. The lowest BCUT2D eigenvalue weighted by Crippen LogP contribution is -2.16. The number of rotatable bonds is 4. The Hall–Kier alpha value is -1.57. The standard InChI is InChI=1S/C14H15IN2O3/c1-4-9-12(15)14(18)17-13(16-9)8-5-6-10(19-2)11(7-8)20-3/h5-7H,4H2,1-3H3,(H,16,17,18). The summed E-state index contributed by atoms with van der Waals surface area (Å²) in [4.78, 5) is 19.2. The number of methoxy groups -OCH3 is 2. The summed E-state index contributed by atoms with van der Waals surface area (Å²) < 4.78 is 11.1. The van der Waals surface area contributed by atoms with Gasteiger partial charge in [-0.15, -0.1) is 0 Å². The van der Waals surface area contributed by atoms with Gasteiger partial charge in [-0.2, -0.15) is 0 Å². The van der Waals surface area contributed by atoms with Crippen molar-refractivity contribution in [2.45, 2.75) is 13.3 Å². The molecule has 0 fully saturated rings. The molecule has 0 unspecified atom stereocenters. The van der Waals surface area contributed by atoms with E-state index < -0.39 is 0 Å². The van der Waals surface area contributed by atoms with Crippen LogP contribution in [0.4, 0.5) is 0 Å². The highest BCUT2D eigenvalue weighted by Crippen LogP contribution is 2.30. The van der Waals surface area contributed by atoms with Crippen molar-refractivity contribution in [1.82, 2.24) is 9.97 Å². The lowest BCUT2D eigenvalue weighted by molar-refractivity contribution is 0.355. The van der Waals surface area contributed by atoms with Crippen molar-refractivity contribution in [2.75, 3.05) is 14.2 Å². The molecule has 2 aromatic rings. The summed E-state index contributed by atoms with van der Waals surface area (Å²) in [5.41, 5.74) is 1.45. The molecule has 0 spiro atoms. The van der Waals surface area contributed by atoms with Crippen molar-refractivity contribution < 1.29 is 9.47 Å². The van der Waals surface area contributed by atoms with Crippen molar-refractivity contribution in [1.29, 1.82) is 0 Å². The molecule has 5 nitrogen and oxygen atoms in total. The molecular weight excluding hydrogens is 371 g/mol. The minimum Gasteiger partial charge on any atom is -0.493 e. The van der Waals surface area contributed by atoms with E-state index in [0.717, 1.165) is 11.3 Å². The molecule has 1 N–H and O–H groups in total. The number of hydrogen-bond donors (Lipinski definition) is 1. The maximum Gasteiger partial charge on any atom is 0.264 e. The third-order valence-corrected chi connectivity index (χ3v) is 4.04. The van der Waals surface area contributed by atoms with E-state index in [0.29, 0.717) is 27.3 Å². The largest absolute Gasteiger partial charge is 0.493 e. The van der Waals surface area contributed by atoms with Crippen molar-refractivity contribution in [3.63, 3.8) is 0 Å². The van der Waals surface area contributed by atoms with Crippen LogP contribution < -0.4 is 15.0 Å². The summed E-state index contributed by atoms with van der Waals surface area (Å²) in [5, 5.41) is 0. The highest BCUT2D eigenvalue weighted by Gasteiger charge is 2.11. The average molecular weight is 386 g/mol. The molecule has 2 rings (SSSR count). The number of halogens is 1. The van der Waals surface area contributed by atoms with Gasteiger partial charge in [0.1, 0.15) is 5.82 Å². The molecule has 106 valence electrons. The highest BCUT2D eigenvalue weighted by atomic mass is 127. The van der Waals surface area contributed by atoms with E-state index in [1.165, 1.54) is 0 Å². The Balaban J connectivity index is 2.57. The molecule has 0 saturated heterocycles. The number of nitrogens with zero attached hydrogens (tertiary/aromatic N) is 1. The number of ether oxygens (including phenoxy) is 2. The molecule has 1 aromatic carbocycles. The molecule has 0 atom stereocenters. The Morgan fingerprint density at radius 3 is 2.55 bits per heavy atom. The van der Waals surface area contributed by atoms with Gasteiger partial charge in [-0.05, 0) is 47.2 Å². The van der Waals surface area contributed by atoms with Crippen LogP contribution in [0, 0.1) is 3.57 Å². The van der Waals surface area contributed by atoms with E-state index in [1.54, 1.807) is 26.4 Å². The van der Waals surface area contributed by atoms with Crippen LogP contribution in [0.25, 0.3) is 11.4 Å². The number of benzene rings is 1. The topological polar surface area (TPSA) is 64.2 Å². The molecule has 0 aliphatic carbocycles. The smallest absolute Gasteiger partial charge is 0.264 e. The summed E-state index contributed by atoms with van der Waals surface area (Å²) in [6.45, 7) is 1.97. The molecule has 0 radical (unpaired) electrons. The summed E-state index contributed by atoms with van der Waals surface area (Å²) in [5.74, 6) is 1.78. The molecule has 0 amide bonds. The van der Waals surface area contributed by atoms with Crippen molar-refractivity contribution >= 4 is 22.6 Å². The Morgan fingerprint density at radius 1 is 1.25 bits per heavy atom. The predicted molar refractivity (Wildman–Crippen MR) is 85.5 cm³/mol. The third kappa shape index (κ3) is 2.79. The van der Waals surface area contributed by atoms with E-state index in [2.05, 4.69) is 9.97 Å². The van der Waals surface area contributed by atoms with Crippen LogP contribution in [-0.4, -0.2) is 24.2 Å². The normalized spacial score (nSPS) is 10.4. The van der Waals surface area contributed by atoms with Gasteiger partial charge in [-0.1, -0.05) is 6.92 Å². The van der Waals surface area contributed by atoms with Crippen molar-refractivity contribution in [2.24, 2.45) is 0 Å². The van der Waals surface area contributed by atoms with E-state index in [9.17, 15) is 4.79 Å². The first-order valence-electron chi connectivity index (χ1n) is 6.11. The molecule has 20 heavy (non-hydrogen) atoms. The zero-order valence-corrected chi connectivity index (χ0v) is 13.6. The maximum atomic E-state index is 11.9. The number of aromatic amines is 1. The summed E-state index contributed by atoms with van der Waals surface area (Å²) >= 11 is 2.02. The van der Waals surface area contributed by atoms with Crippen LogP contribution in [0.3, 0.4) is 0 Å². The average Bonchev–Trinajstić information content (AvgIpc) is 2.49. The SMILES string of the molecule is CCc1nc(-c2ccc(OC)c(OC)c2)[nH]c(=O)c1I. The Kier molecular flexibility index (Phi) is 4.64. The first kappa shape index (κ1) is 14.8. The lowest BCUT2D eigenvalue weighted by atomic mass is 10.2. The van der Waals surface area contributed by atoms with E-state index >= 15 is 0 Å².